The van der Waals surface area contributed by atoms with Crippen LogP contribution < -0.4 is 5.32 Å². The van der Waals surface area contributed by atoms with E-state index in [1.54, 1.807) is 0 Å². The molecule has 1 saturated heterocycles. The minimum atomic E-state index is 0.210. The van der Waals surface area contributed by atoms with Gasteiger partial charge in [-0.25, -0.2) is 0 Å². The molecule has 0 aromatic rings. The van der Waals surface area contributed by atoms with Crippen molar-refractivity contribution in [2.45, 2.75) is 31.7 Å². The maximum atomic E-state index is 5.37. The van der Waals surface area contributed by atoms with Crippen LogP contribution in [0.1, 0.15) is 26.2 Å². The van der Waals surface area contributed by atoms with E-state index in [1.165, 1.54) is 12.2 Å². The molecule has 3 nitrogen and oxygen atoms in total. The molecule has 80 valence electrons. The first-order chi connectivity index (χ1) is 6.79. The Hall–Kier alpha value is -0.220. The number of amidine groups is 1. The maximum absolute atomic E-state index is 5.37. The summed E-state index contributed by atoms with van der Waals surface area (Å²) in [5, 5.41) is 4.71. The smallest absolute Gasteiger partial charge is 0.156 e. The van der Waals surface area contributed by atoms with E-state index in [0.717, 1.165) is 37.8 Å². The molecular weight excluding hydrogens is 196 g/mol. The van der Waals surface area contributed by atoms with Gasteiger partial charge in [0.15, 0.2) is 5.17 Å². The van der Waals surface area contributed by atoms with Crippen molar-refractivity contribution in [3.05, 3.63) is 0 Å². The van der Waals surface area contributed by atoms with Crippen molar-refractivity contribution in [2.75, 3.05) is 25.5 Å². The molecule has 4 heteroatoms. The second-order valence-electron chi connectivity index (χ2n) is 4.19. The summed E-state index contributed by atoms with van der Waals surface area (Å²) in [4.78, 5) is 4.50. The van der Waals surface area contributed by atoms with Crippen LogP contribution >= 0.6 is 11.8 Å². The lowest BCUT2D eigenvalue weighted by Gasteiger charge is -2.36. The number of aliphatic imine (C=N–C) groups is 1. The second kappa shape index (κ2) is 4.53. The number of hydrogen-bond donors (Lipinski definition) is 1. The zero-order valence-corrected chi connectivity index (χ0v) is 9.53. The molecule has 14 heavy (non-hydrogen) atoms. The molecule has 0 radical (unpaired) electrons. The predicted molar refractivity (Wildman–Crippen MR) is 61.0 cm³/mol. The van der Waals surface area contributed by atoms with Crippen LogP contribution in [-0.4, -0.2) is 36.2 Å². The highest BCUT2D eigenvalue weighted by Gasteiger charge is 2.28. The lowest BCUT2D eigenvalue weighted by molar-refractivity contribution is 0.0527. The van der Waals surface area contributed by atoms with Gasteiger partial charge < -0.3 is 10.1 Å². The zero-order chi connectivity index (χ0) is 9.86. The van der Waals surface area contributed by atoms with Crippen LogP contribution in [0.2, 0.25) is 0 Å². The molecule has 0 bridgehead atoms. The highest BCUT2D eigenvalue weighted by molar-refractivity contribution is 8.13. The van der Waals surface area contributed by atoms with Crippen LogP contribution in [0, 0.1) is 0 Å². The summed E-state index contributed by atoms with van der Waals surface area (Å²) >= 11 is 1.85. The van der Waals surface area contributed by atoms with Crippen LogP contribution in [0.3, 0.4) is 0 Å². The van der Waals surface area contributed by atoms with Gasteiger partial charge in [0.1, 0.15) is 0 Å². The average molecular weight is 214 g/mol. The fourth-order valence-electron chi connectivity index (χ4n) is 1.74. The molecule has 2 aliphatic rings. The van der Waals surface area contributed by atoms with Crippen LogP contribution in [0.5, 0.6) is 0 Å². The van der Waals surface area contributed by atoms with Crippen LogP contribution in [0.15, 0.2) is 4.99 Å². The van der Waals surface area contributed by atoms with Gasteiger partial charge in [0.2, 0.25) is 0 Å². The number of nitrogens with one attached hydrogen (secondary N) is 1. The maximum Gasteiger partial charge on any atom is 0.156 e. The normalized spacial score (nSPS) is 26.8. The van der Waals surface area contributed by atoms with Crippen molar-refractivity contribution < 1.29 is 4.74 Å². The molecule has 0 spiro atoms. The number of rotatable bonds is 1. The van der Waals surface area contributed by atoms with E-state index >= 15 is 0 Å². The first-order valence-corrected chi connectivity index (χ1v) is 6.30. The first kappa shape index (κ1) is 10.3. The van der Waals surface area contributed by atoms with Crippen LogP contribution in [0.4, 0.5) is 0 Å². The van der Waals surface area contributed by atoms with Gasteiger partial charge in [-0.1, -0.05) is 11.8 Å². The zero-order valence-electron chi connectivity index (χ0n) is 8.71. The van der Waals surface area contributed by atoms with Crippen molar-refractivity contribution in [3.8, 4) is 0 Å². The van der Waals surface area contributed by atoms with Gasteiger partial charge in [0.05, 0.1) is 0 Å². The molecule has 0 saturated carbocycles. The molecule has 2 rings (SSSR count). The molecule has 0 aliphatic carbocycles. The summed E-state index contributed by atoms with van der Waals surface area (Å²) in [5.74, 6) is 1.21. The van der Waals surface area contributed by atoms with Gasteiger partial charge in [-0.3, -0.25) is 4.99 Å². The lowest BCUT2D eigenvalue weighted by Crippen LogP contribution is -2.49. The number of thioether (sulfide) groups is 1. The van der Waals surface area contributed by atoms with Crippen molar-refractivity contribution in [3.63, 3.8) is 0 Å². The van der Waals surface area contributed by atoms with Crippen LogP contribution in [0.25, 0.3) is 0 Å². The van der Waals surface area contributed by atoms with Gasteiger partial charge in [-0.05, 0) is 26.2 Å². The largest absolute Gasteiger partial charge is 0.381 e. The molecule has 1 N–H and O–H groups in total. The Balaban J connectivity index is 1.90. The van der Waals surface area contributed by atoms with E-state index < -0.39 is 0 Å². The predicted octanol–water partition coefficient (Wildman–Crippen LogP) is 1.64. The van der Waals surface area contributed by atoms with E-state index in [9.17, 15) is 0 Å². The first-order valence-electron chi connectivity index (χ1n) is 5.32. The molecule has 0 amide bonds. The lowest BCUT2D eigenvalue weighted by atomic mass is 9.93. The Morgan fingerprint density at radius 1 is 1.43 bits per heavy atom. The molecule has 0 unspecified atom stereocenters. The summed E-state index contributed by atoms with van der Waals surface area (Å²) in [6.07, 6.45) is 3.40. The third-order valence-electron chi connectivity index (χ3n) is 2.80. The minimum absolute atomic E-state index is 0.210. The van der Waals surface area contributed by atoms with Gasteiger partial charge in [-0.15, -0.1) is 0 Å². The standard InChI is InChI=1S/C10H18N2OS/c1-10(3-6-13-7-4-10)12-9-11-5-2-8-14-9/h2-8H2,1H3,(H,11,12). The highest BCUT2D eigenvalue weighted by atomic mass is 32.2. The second-order valence-corrected chi connectivity index (χ2v) is 5.27. The Labute approximate surface area is 89.7 Å². The molecule has 1 fully saturated rings. The highest BCUT2D eigenvalue weighted by Crippen LogP contribution is 2.22. The third-order valence-corrected chi connectivity index (χ3v) is 3.80. The molecule has 0 atom stereocenters. The van der Waals surface area contributed by atoms with E-state index in [4.69, 9.17) is 4.74 Å². The summed E-state index contributed by atoms with van der Waals surface area (Å²) in [6.45, 7) is 5.01. The fraction of sp³-hybridized carbons (Fsp3) is 0.900. The molecule has 2 aliphatic heterocycles. The topological polar surface area (TPSA) is 33.6 Å². The van der Waals surface area contributed by atoms with Crippen LogP contribution in [-0.2, 0) is 4.74 Å². The van der Waals surface area contributed by atoms with Gasteiger partial charge in [-0.2, -0.15) is 0 Å². The van der Waals surface area contributed by atoms with E-state index in [0.29, 0.717) is 0 Å². The van der Waals surface area contributed by atoms with Crippen molar-refractivity contribution in [1.29, 1.82) is 0 Å². The molecular formula is C10H18N2OS. The van der Waals surface area contributed by atoms with Gasteiger partial charge >= 0.3 is 0 Å². The molecule has 2 heterocycles. The third kappa shape index (κ3) is 2.64. The Kier molecular flexibility index (Phi) is 3.34. The number of ether oxygens (including phenoxy) is 1. The quantitative estimate of drug-likeness (QED) is 0.720. The monoisotopic (exact) mass is 214 g/mol. The minimum Gasteiger partial charge on any atom is -0.381 e. The Bertz CT molecular complexity index is 224. The van der Waals surface area contributed by atoms with E-state index in [1.807, 2.05) is 11.8 Å². The fourth-order valence-corrected chi connectivity index (χ4v) is 2.71. The summed E-state index contributed by atoms with van der Waals surface area (Å²) in [7, 11) is 0. The number of hydrogen-bond acceptors (Lipinski definition) is 4. The SMILES string of the molecule is CC1(NC2=NCCCS2)CCOCC1. The number of nitrogens with zero attached hydrogens (tertiary/aromatic N) is 1. The van der Waals surface area contributed by atoms with E-state index in [2.05, 4.69) is 17.2 Å². The Morgan fingerprint density at radius 3 is 2.86 bits per heavy atom. The summed E-state index contributed by atoms with van der Waals surface area (Å²) in [5.41, 5.74) is 0.210. The molecule has 0 aromatic heterocycles. The summed E-state index contributed by atoms with van der Waals surface area (Å²) in [6, 6.07) is 0. The molecule has 0 aromatic carbocycles. The van der Waals surface area contributed by atoms with E-state index in [-0.39, 0.29) is 5.54 Å². The summed E-state index contributed by atoms with van der Waals surface area (Å²) < 4.78 is 5.37. The van der Waals surface area contributed by atoms with Crippen molar-refractivity contribution >= 4 is 16.9 Å². The van der Waals surface area contributed by atoms with Crippen molar-refractivity contribution in [1.82, 2.24) is 5.32 Å². The Morgan fingerprint density at radius 2 is 2.21 bits per heavy atom. The van der Waals surface area contributed by atoms with Gasteiger partial charge in [0.25, 0.3) is 0 Å². The van der Waals surface area contributed by atoms with Crippen molar-refractivity contribution in [2.24, 2.45) is 4.99 Å². The van der Waals surface area contributed by atoms with Gasteiger partial charge in [0, 0.05) is 31.1 Å². The average Bonchev–Trinajstić information content (AvgIpc) is 2.19.